The predicted octanol–water partition coefficient (Wildman–Crippen LogP) is 4.51. The van der Waals surface area contributed by atoms with Crippen molar-refractivity contribution in [2.24, 2.45) is 5.16 Å². The highest BCUT2D eigenvalue weighted by Gasteiger charge is 2.49. The first kappa shape index (κ1) is 30.4. The van der Waals surface area contributed by atoms with Gasteiger partial charge in [0.25, 0.3) is 5.91 Å². The summed E-state index contributed by atoms with van der Waals surface area (Å²) in [7, 11) is -2.78. The zero-order valence-electron chi connectivity index (χ0n) is 23.4. The van der Waals surface area contributed by atoms with Gasteiger partial charge in [-0.3, -0.25) is 9.59 Å². The predicted molar refractivity (Wildman–Crippen MR) is 153 cm³/mol. The fraction of sp³-hybridized carbons (Fsp3) is 0.267. The van der Waals surface area contributed by atoms with Gasteiger partial charge >= 0.3 is 5.97 Å². The Balaban J connectivity index is 1.62. The molecule has 0 saturated heterocycles. The SMILES string of the molecule is COC(=O)CC1(C(=O)Nc2ccc(-c3ccccc3S(=O)(=O)NC(C)(C)C)cc2F)CC(c2cccc(C#N)c2)=NO1. The zero-order valence-corrected chi connectivity index (χ0v) is 24.2. The summed E-state index contributed by atoms with van der Waals surface area (Å²) >= 11 is 0. The van der Waals surface area contributed by atoms with Crippen LogP contribution in [0.4, 0.5) is 10.1 Å². The molecule has 1 atom stereocenters. The number of carbonyl (C=O) groups is 2. The number of carbonyl (C=O) groups excluding carboxylic acids is 2. The van der Waals surface area contributed by atoms with Crippen LogP contribution in [-0.4, -0.2) is 44.3 Å². The molecule has 4 rings (SSSR count). The number of halogens is 1. The molecule has 1 heterocycles. The highest BCUT2D eigenvalue weighted by Crippen LogP contribution is 2.34. The van der Waals surface area contributed by atoms with Crippen molar-refractivity contribution >= 4 is 33.3 Å². The Labute approximate surface area is 243 Å². The van der Waals surface area contributed by atoms with Gasteiger partial charge in [-0.25, -0.2) is 17.5 Å². The third kappa shape index (κ3) is 6.64. The van der Waals surface area contributed by atoms with Crippen molar-refractivity contribution in [1.82, 2.24) is 4.72 Å². The summed E-state index contributed by atoms with van der Waals surface area (Å²) in [5.41, 5.74) is -1.04. The molecule has 12 heteroatoms. The van der Waals surface area contributed by atoms with Crippen LogP contribution in [-0.2, 0) is 29.2 Å². The summed E-state index contributed by atoms with van der Waals surface area (Å²) in [6.45, 7) is 5.13. The van der Waals surface area contributed by atoms with Gasteiger partial charge in [0.05, 0.1) is 41.5 Å². The fourth-order valence-electron chi connectivity index (χ4n) is 4.42. The molecule has 1 amide bonds. The van der Waals surface area contributed by atoms with Crippen LogP contribution < -0.4 is 10.0 Å². The largest absolute Gasteiger partial charge is 0.469 e. The van der Waals surface area contributed by atoms with Crippen LogP contribution in [0.2, 0.25) is 0 Å². The minimum atomic E-state index is -3.94. The van der Waals surface area contributed by atoms with E-state index in [2.05, 4.69) is 15.2 Å². The molecule has 1 aliphatic heterocycles. The maximum atomic E-state index is 15.4. The molecule has 0 saturated carbocycles. The summed E-state index contributed by atoms with van der Waals surface area (Å²) in [6.07, 6.45) is -0.652. The highest BCUT2D eigenvalue weighted by molar-refractivity contribution is 7.89. The second-order valence-corrected chi connectivity index (χ2v) is 12.4. The highest BCUT2D eigenvalue weighted by atomic mass is 32.2. The number of sulfonamides is 1. The van der Waals surface area contributed by atoms with E-state index in [9.17, 15) is 23.3 Å². The molecule has 0 radical (unpaired) electrons. The maximum Gasteiger partial charge on any atom is 0.310 e. The van der Waals surface area contributed by atoms with Gasteiger partial charge in [0.2, 0.25) is 15.6 Å². The summed E-state index contributed by atoms with van der Waals surface area (Å²) in [4.78, 5) is 31.2. The van der Waals surface area contributed by atoms with Gasteiger partial charge in [-0.2, -0.15) is 5.26 Å². The molecule has 2 N–H and O–H groups in total. The van der Waals surface area contributed by atoms with Crippen molar-refractivity contribution in [1.29, 1.82) is 5.26 Å². The summed E-state index contributed by atoms with van der Waals surface area (Å²) < 4.78 is 48.9. The lowest BCUT2D eigenvalue weighted by atomic mass is 9.89. The normalized spacial score (nSPS) is 16.6. The lowest BCUT2D eigenvalue weighted by molar-refractivity contribution is -0.155. The number of amides is 1. The van der Waals surface area contributed by atoms with Crippen LogP contribution in [0.3, 0.4) is 0 Å². The van der Waals surface area contributed by atoms with Crippen LogP contribution in [0.1, 0.15) is 44.7 Å². The third-order valence-electron chi connectivity index (χ3n) is 6.33. The number of methoxy groups -OCH3 is 1. The average Bonchev–Trinajstić information content (AvgIpc) is 3.38. The van der Waals surface area contributed by atoms with Crippen molar-refractivity contribution in [3.8, 4) is 17.2 Å². The quantitative estimate of drug-likeness (QED) is 0.366. The van der Waals surface area contributed by atoms with Crippen molar-refractivity contribution in [2.45, 2.75) is 49.6 Å². The third-order valence-corrected chi connectivity index (χ3v) is 8.14. The Kier molecular flexibility index (Phi) is 8.47. The lowest BCUT2D eigenvalue weighted by Crippen LogP contribution is -2.45. The minimum Gasteiger partial charge on any atom is -0.469 e. The van der Waals surface area contributed by atoms with E-state index in [1.807, 2.05) is 6.07 Å². The fourth-order valence-corrected chi connectivity index (χ4v) is 6.07. The average molecular weight is 593 g/mol. The number of oxime groups is 1. The Morgan fingerprint density at radius 2 is 1.83 bits per heavy atom. The zero-order chi connectivity index (χ0) is 30.7. The number of esters is 1. The molecule has 3 aromatic rings. The first-order valence-corrected chi connectivity index (χ1v) is 14.3. The van der Waals surface area contributed by atoms with Crippen molar-refractivity contribution in [3.63, 3.8) is 0 Å². The van der Waals surface area contributed by atoms with E-state index < -0.39 is 45.3 Å². The molecule has 0 bridgehead atoms. The molecule has 0 spiro atoms. The van der Waals surface area contributed by atoms with Crippen LogP contribution in [0.25, 0.3) is 11.1 Å². The molecule has 218 valence electrons. The van der Waals surface area contributed by atoms with Gasteiger partial charge in [0.15, 0.2) is 0 Å². The first-order chi connectivity index (χ1) is 19.8. The number of hydrogen-bond donors (Lipinski definition) is 2. The molecule has 1 unspecified atom stereocenters. The van der Waals surface area contributed by atoms with E-state index in [0.717, 1.165) is 13.2 Å². The summed E-state index contributed by atoms with van der Waals surface area (Å²) in [5.74, 6) is -2.43. The Morgan fingerprint density at radius 3 is 2.50 bits per heavy atom. The molecule has 10 nitrogen and oxygen atoms in total. The Morgan fingerprint density at radius 1 is 1.10 bits per heavy atom. The number of nitrogens with one attached hydrogen (secondary N) is 2. The molecular formula is C30H29FN4O6S. The number of ether oxygens (including phenoxy) is 1. The smallest absolute Gasteiger partial charge is 0.310 e. The van der Waals surface area contributed by atoms with Crippen LogP contribution >= 0.6 is 0 Å². The topological polar surface area (TPSA) is 147 Å². The molecular weight excluding hydrogens is 563 g/mol. The molecule has 42 heavy (non-hydrogen) atoms. The summed E-state index contributed by atoms with van der Waals surface area (Å²) in [6, 6.07) is 18.6. The minimum absolute atomic E-state index is 0.0300. The number of anilines is 1. The number of rotatable bonds is 8. The number of hydrogen-bond acceptors (Lipinski definition) is 8. The molecule has 3 aromatic carbocycles. The van der Waals surface area contributed by atoms with E-state index in [0.29, 0.717) is 16.8 Å². The van der Waals surface area contributed by atoms with E-state index in [1.165, 1.54) is 18.2 Å². The number of nitrogens with zero attached hydrogens (tertiary/aromatic N) is 2. The van der Waals surface area contributed by atoms with Crippen LogP contribution in [0.15, 0.2) is 76.8 Å². The molecule has 1 aliphatic rings. The van der Waals surface area contributed by atoms with E-state index in [-0.39, 0.29) is 28.1 Å². The standard InChI is InChI=1S/C30H29FN4O6S/c1-29(2,3)35-42(38,39)26-11-6-5-10-22(26)20-12-13-24(23(31)15-20)33-28(37)30(17-27(36)40-4)16-25(34-41-30)21-9-7-8-19(14-21)18-32/h5-15,35H,16-17H2,1-4H3,(H,33,37). The Bertz CT molecular complexity index is 1730. The van der Waals surface area contributed by atoms with E-state index >= 15 is 4.39 Å². The van der Waals surface area contributed by atoms with Crippen LogP contribution in [0, 0.1) is 17.1 Å². The van der Waals surface area contributed by atoms with E-state index in [4.69, 9.17) is 9.57 Å². The summed E-state index contributed by atoms with van der Waals surface area (Å²) in [5, 5.41) is 15.7. The van der Waals surface area contributed by atoms with Crippen molar-refractivity contribution in [3.05, 3.63) is 83.7 Å². The van der Waals surface area contributed by atoms with Gasteiger partial charge in [-0.1, -0.05) is 41.6 Å². The number of benzene rings is 3. The molecule has 0 aromatic heterocycles. The van der Waals surface area contributed by atoms with E-state index in [1.54, 1.807) is 63.2 Å². The van der Waals surface area contributed by atoms with Gasteiger partial charge in [0, 0.05) is 23.1 Å². The monoisotopic (exact) mass is 592 g/mol. The Hall–Kier alpha value is -4.60. The first-order valence-electron chi connectivity index (χ1n) is 12.8. The van der Waals surface area contributed by atoms with Gasteiger partial charge < -0.3 is 14.9 Å². The van der Waals surface area contributed by atoms with Gasteiger partial charge in [-0.05, 0) is 56.7 Å². The van der Waals surface area contributed by atoms with Gasteiger partial charge in [-0.15, -0.1) is 0 Å². The number of nitriles is 1. The lowest BCUT2D eigenvalue weighted by Gasteiger charge is -2.24. The van der Waals surface area contributed by atoms with Crippen LogP contribution in [0.5, 0.6) is 0 Å². The van der Waals surface area contributed by atoms with Gasteiger partial charge in [0.1, 0.15) is 5.82 Å². The second kappa shape index (κ2) is 11.7. The van der Waals surface area contributed by atoms with Crippen molar-refractivity contribution < 1.29 is 32.0 Å². The molecule has 0 fully saturated rings. The van der Waals surface area contributed by atoms with Crippen molar-refractivity contribution in [2.75, 3.05) is 12.4 Å². The second-order valence-electron chi connectivity index (χ2n) is 10.7. The molecule has 0 aliphatic carbocycles. The maximum absolute atomic E-state index is 15.4.